The van der Waals surface area contributed by atoms with Crippen LogP contribution >= 0.6 is 11.6 Å². The van der Waals surface area contributed by atoms with Crippen LogP contribution in [-0.4, -0.2) is 57.3 Å². The monoisotopic (exact) mass is 473 g/mol. The van der Waals surface area contributed by atoms with Crippen molar-refractivity contribution in [1.29, 1.82) is 0 Å². The van der Waals surface area contributed by atoms with Crippen molar-refractivity contribution in [2.75, 3.05) is 52.2 Å². The molecular weight excluding hydrogens is 442 g/mol. The highest BCUT2D eigenvalue weighted by Gasteiger charge is 2.38. The maximum atomic E-state index is 12.7. The zero-order chi connectivity index (χ0) is 23.3. The molecule has 178 valence electrons. The molecule has 0 unspecified atom stereocenters. The molecule has 3 N–H and O–H groups in total. The number of hydrogen-bond donors (Lipinski definition) is 2. The van der Waals surface area contributed by atoms with Gasteiger partial charge in [-0.05, 0) is 37.9 Å². The van der Waals surface area contributed by atoms with Gasteiger partial charge in [-0.15, -0.1) is 0 Å². The van der Waals surface area contributed by atoms with Crippen molar-refractivity contribution in [3.63, 3.8) is 0 Å². The number of nitrogen functional groups attached to an aromatic ring is 1. The van der Waals surface area contributed by atoms with Crippen LogP contribution in [0, 0.1) is 5.92 Å². The molecule has 2 saturated heterocycles. The minimum atomic E-state index is -0.633. The summed E-state index contributed by atoms with van der Waals surface area (Å²) in [6, 6.07) is 13.3. The molecule has 2 aliphatic heterocycles. The van der Waals surface area contributed by atoms with E-state index in [-0.39, 0.29) is 5.91 Å². The fourth-order valence-corrected chi connectivity index (χ4v) is 4.73. The molecule has 2 aromatic rings. The second-order valence-electron chi connectivity index (χ2n) is 8.63. The number of ether oxygens (including phenoxy) is 3. The van der Waals surface area contributed by atoms with E-state index in [1.54, 1.807) is 12.1 Å². The third-order valence-corrected chi connectivity index (χ3v) is 6.87. The molecular formula is C25H32ClN3O4. The number of nitrogens with two attached hydrogens (primary N) is 1. The second kappa shape index (κ2) is 10.7. The molecule has 0 atom stereocenters. The molecule has 2 heterocycles. The fraction of sp³-hybridized carbons (Fsp3) is 0.480. The van der Waals surface area contributed by atoms with Crippen molar-refractivity contribution in [2.24, 2.45) is 5.92 Å². The van der Waals surface area contributed by atoms with Crippen LogP contribution < -0.4 is 15.8 Å². The number of amides is 1. The topological polar surface area (TPSA) is 86.0 Å². The molecule has 33 heavy (non-hydrogen) atoms. The molecule has 0 saturated carbocycles. The van der Waals surface area contributed by atoms with Crippen molar-refractivity contribution >= 4 is 23.2 Å². The number of carbonyl (C=O) groups is 1. The Morgan fingerprint density at radius 3 is 2.58 bits per heavy atom. The quantitative estimate of drug-likeness (QED) is 0.569. The molecule has 1 amide bonds. The molecule has 0 spiro atoms. The Labute approximate surface area is 200 Å². The molecule has 2 fully saturated rings. The van der Waals surface area contributed by atoms with Gasteiger partial charge in [0.15, 0.2) is 5.79 Å². The summed E-state index contributed by atoms with van der Waals surface area (Å²) in [5.41, 5.74) is 7.68. The van der Waals surface area contributed by atoms with Crippen LogP contribution in [-0.2, 0) is 15.3 Å². The summed E-state index contributed by atoms with van der Waals surface area (Å²) in [5, 5.41) is 3.38. The Morgan fingerprint density at radius 2 is 1.91 bits per heavy atom. The van der Waals surface area contributed by atoms with Crippen molar-refractivity contribution in [2.45, 2.75) is 25.0 Å². The highest BCUT2D eigenvalue weighted by atomic mass is 35.5. The minimum absolute atomic E-state index is 0.198. The average molecular weight is 474 g/mol. The van der Waals surface area contributed by atoms with E-state index in [2.05, 4.69) is 22.3 Å². The van der Waals surface area contributed by atoms with Crippen LogP contribution in [0.2, 0.25) is 5.02 Å². The summed E-state index contributed by atoms with van der Waals surface area (Å²) in [6.07, 6.45) is 2.86. The SMILES string of the molecule is COc1cc(N)c(Cl)cc1C(=O)NCC1CCN(CCC2(c3ccccc3)OCCO2)CC1. The van der Waals surface area contributed by atoms with Crippen LogP contribution in [0.4, 0.5) is 5.69 Å². The largest absolute Gasteiger partial charge is 0.496 e. The lowest BCUT2D eigenvalue weighted by Gasteiger charge is -2.35. The van der Waals surface area contributed by atoms with Gasteiger partial charge in [0, 0.05) is 31.1 Å². The first kappa shape index (κ1) is 23.8. The lowest BCUT2D eigenvalue weighted by Crippen LogP contribution is -2.41. The number of nitrogens with one attached hydrogen (secondary N) is 1. The van der Waals surface area contributed by atoms with Gasteiger partial charge in [-0.1, -0.05) is 41.9 Å². The molecule has 0 bridgehead atoms. The van der Waals surface area contributed by atoms with Crippen molar-refractivity contribution < 1.29 is 19.0 Å². The number of halogens is 1. The highest BCUT2D eigenvalue weighted by molar-refractivity contribution is 6.33. The van der Waals surface area contributed by atoms with E-state index in [1.165, 1.54) is 7.11 Å². The van der Waals surface area contributed by atoms with Crippen molar-refractivity contribution in [3.05, 3.63) is 58.6 Å². The number of methoxy groups -OCH3 is 1. The number of piperidine rings is 1. The zero-order valence-electron chi connectivity index (χ0n) is 19.0. The predicted molar refractivity (Wildman–Crippen MR) is 129 cm³/mol. The van der Waals surface area contributed by atoms with E-state index >= 15 is 0 Å². The van der Waals surface area contributed by atoms with Gasteiger partial charge in [0.2, 0.25) is 0 Å². The van der Waals surface area contributed by atoms with Gasteiger partial charge in [0.1, 0.15) is 5.75 Å². The number of hydrogen-bond acceptors (Lipinski definition) is 6. The molecule has 0 radical (unpaired) electrons. The molecule has 2 aliphatic rings. The predicted octanol–water partition coefficient (Wildman–Crippen LogP) is 3.66. The van der Waals surface area contributed by atoms with Crippen LogP contribution in [0.25, 0.3) is 0 Å². The Bertz CT molecular complexity index is 942. The molecule has 4 rings (SSSR count). The summed E-state index contributed by atoms with van der Waals surface area (Å²) in [7, 11) is 1.51. The number of benzene rings is 2. The minimum Gasteiger partial charge on any atom is -0.496 e. The first-order chi connectivity index (χ1) is 16.0. The van der Waals surface area contributed by atoms with E-state index in [0.717, 1.165) is 44.5 Å². The van der Waals surface area contributed by atoms with E-state index in [4.69, 9.17) is 31.5 Å². The third-order valence-electron chi connectivity index (χ3n) is 6.55. The first-order valence-electron chi connectivity index (χ1n) is 11.5. The normalized spacial score (nSPS) is 18.8. The van der Waals surface area contributed by atoms with E-state index in [0.29, 0.717) is 47.7 Å². The fourth-order valence-electron chi connectivity index (χ4n) is 4.57. The van der Waals surface area contributed by atoms with Gasteiger partial charge < -0.3 is 30.2 Å². The highest BCUT2D eigenvalue weighted by Crippen LogP contribution is 2.35. The van der Waals surface area contributed by atoms with Gasteiger partial charge in [0.25, 0.3) is 5.91 Å². The number of likely N-dealkylation sites (tertiary alicyclic amines) is 1. The summed E-state index contributed by atoms with van der Waals surface area (Å²) >= 11 is 6.09. The Morgan fingerprint density at radius 1 is 1.21 bits per heavy atom. The molecule has 7 nitrogen and oxygen atoms in total. The standard InChI is InChI=1S/C25H32ClN3O4/c1-31-23-16-22(27)21(26)15-20(23)24(30)28-17-18-7-10-29(11-8-18)12-9-25(32-13-14-33-25)19-5-3-2-4-6-19/h2-6,15-16,18H,7-14,17,27H2,1H3,(H,28,30). The molecule has 0 aliphatic carbocycles. The number of nitrogens with zero attached hydrogens (tertiary/aromatic N) is 1. The lowest BCUT2D eigenvalue weighted by atomic mass is 9.95. The summed E-state index contributed by atoms with van der Waals surface area (Å²) < 4.78 is 17.4. The van der Waals surface area contributed by atoms with Crippen LogP contribution in [0.5, 0.6) is 5.75 Å². The van der Waals surface area contributed by atoms with Gasteiger partial charge in [0.05, 0.1) is 36.6 Å². The van der Waals surface area contributed by atoms with Crippen LogP contribution in [0.3, 0.4) is 0 Å². The number of anilines is 1. The van der Waals surface area contributed by atoms with Crippen LogP contribution in [0.1, 0.15) is 35.2 Å². The van der Waals surface area contributed by atoms with E-state index < -0.39 is 5.79 Å². The first-order valence-corrected chi connectivity index (χ1v) is 11.9. The van der Waals surface area contributed by atoms with Crippen molar-refractivity contribution in [3.8, 4) is 5.75 Å². The maximum absolute atomic E-state index is 12.7. The molecule has 0 aromatic heterocycles. The number of rotatable bonds is 8. The van der Waals surface area contributed by atoms with Gasteiger partial charge in [-0.2, -0.15) is 0 Å². The van der Waals surface area contributed by atoms with E-state index in [9.17, 15) is 4.79 Å². The zero-order valence-corrected chi connectivity index (χ0v) is 19.8. The Hall–Kier alpha value is -2.32. The third kappa shape index (κ3) is 5.61. The molecule has 8 heteroatoms. The maximum Gasteiger partial charge on any atom is 0.255 e. The Kier molecular flexibility index (Phi) is 7.75. The van der Waals surface area contributed by atoms with Gasteiger partial charge >= 0.3 is 0 Å². The summed E-state index contributed by atoms with van der Waals surface area (Å²) in [5.74, 6) is 0.0258. The van der Waals surface area contributed by atoms with Gasteiger partial charge in [-0.25, -0.2) is 0 Å². The summed E-state index contributed by atoms with van der Waals surface area (Å²) in [4.78, 5) is 15.1. The lowest BCUT2D eigenvalue weighted by molar-refractivity contribution is -0.173. The number of carbonyl (C=O) groups excluding carboxylic acids is 1. The summed E-state index contributed by atoms with van der Waals surface area (Å²) in [6.45, 7) is 4.76. The molecule has 2 aromatic carbocycles. The second-order valence-corrected chi connectivity index (χ2v) is 9.04. The Balaban J connectivity index is 1.25. The van der Waals surface area contributed by atoms with Gasteiger partial charge in [-0.3, -0.25) is 4.79 Å². The smallest absolute Gasteiger partial charge is 0.255 e. The average Bonchev–Trinajstić information content (AvgIpc) is 3.34. The van der Waals surface area contributed by atoms with E-state index in [1.807, 2.05) is 18.2 Å². The van der Waals surface area contributed by atoms with Crippen molar-refractivity contribution in [1.82, 2.24) is 10.2 Å². The van der Waals surface area contributed by atoms with Crippen LogP contribution in [0.15, 0.2) is 42.5 Å².